The lowest BCUT2D eigenvalue weighted by Crippen LogP contribution is -2.30. The third-order valence-electron chi connectivity index (χ3n) is 3.96. The molecule has 0 unspecified atom stereocenters. The van der Waals surface area contributed by atoms with Crippen molar-refractivity contribution >= 4 is 23.6 Å². The zero-order chi connectivity index (χ0) is 15.4. The van der Waals surface area contributed by atoms with E-state index < -0.39 is 0 Å². The Bertz CT molecular complexity index is 578. The summed E-state index contributed by atoms with van der Waals surface area (Å²) >= 11 is 6.20. The SMILES string of the molecule is O=C(C=Cc1cc(Cl)c2c(c1)OCCO2)N1CCCCCC1. The van der Waals surface area contributed by atoms with Crippen LogP contribution in [0.5, 0.6) is 11.5 Å². The van der Waals surface area contributed by atoms with E-state index in [0.29, 0.717) is 29.7 Å². The van der Waals surface area contributed by atoms with Gasteiger partial charge in [-0.15, -0.1) is 0 Å². The zero-order valence-corrected chi connectivity index (χ0v) is 13.3. The van der Waals surface area contributed by atoms with Gasteiger partial charge in [0.2, 0.25) is 5.91 Å². The Morgan fingerprint density at radius 1 is 1.09 bits per heavy atom. The molecule has 1 saturated heterocycles. The van der Waals surface area contributed by atoms with Gasteiger partial charge in [0.15, 0.2) is 11.5 Å². The van der Waals surface area contributed by atoms with Gasteiger partial charge in [0.1, 0.15) is 13.2 Å². The van der Waals surface area contributed by atoms with Gasteiger partial charge in [0.05, 0.1) is 5.02 Å². The van der Waals surface area contributed by atoms with Gasteiger partial charge in [-0.25, -0.2) is 0 Å². The highest BCUT2D eigenvalue weighted by molar-refractivity contribution is 6.32. The minimum absolute atomic E-state index is 0.0629. The van der Waals surface area contributed by atoms with Gasteiger partial charge in [0, 0.05) is 19.2 Å². The van der Waals surface area contributed by atoms with Gasteiger partial charge in [-0.3, -0.25) is 4.79 Å². The second-order valence-corrected chi connectivity index (χ2v) is 6.01. The quantitative estimate of drug-likeness (QED) is 0.782. The Balaban J connectivity index is 1.72. The van der Waals surface area contributed by atoms with Gasteiger partial charge in [0.25, 0.3) is 0 Å². The molecule has 1 amide bonds. The number of amides is 1. The maximum atomic E-state index is 12.2. The van der Waals surface area contributed by atoms with E-state index in [1.54, 1.807) is 18.2 Å². The third kappa shape index (κ3) is 3.55. The summed E-state index contributed by atoms with van der Waals surface area (Å²) in [6.07, 6.45) is 8.02. The predicted molar refractivity (Wildman–Crippen MR) is 86.5 cm³/mol. The smallest absolute Gasteiger partial charge is 0.246 e. The van der Waals surface area contributed by atoms with E-state index in [-0.39, 0.29) is 5.91 Å². The Hall–Kier alpha value is -1.68. The number of ether oxygens (including phenoxy) is 2. The molecular weight excluding hydrogens is 302 g/mol. The highest BCUT2D eigenvalue weighted by Crippen LogP contribution is 2.38. The largest absolute Gasteiger partial charge is 0.486 e. The summed E-state index contributed by atoms with van der Waals surface area (Å²) in [5, 5.41) is 0.513. The molecule has 2 aliphatic rings. The number of rotatable bonds is 2. The van der Waals surface area contributed by atoms with Crippen molar-refractivity contribution in [3.05, 3.63) is 28.8 Å². The summed E-state index contributed by atoms with van der Waals surface area (Å²) in [6, 6.07) is 3.65. The van der Waals surface area contributed by atoms with Gasteiger partial charge < -0.3 is 14.4 Å². The number of carbonyl (C=O) groups excluding carboxylic acids is 1. The number of hydrogen-bond acceptors (Lipinski definition) is 3. The van der Waals surface area contributed by atoms with Crippen LogP contribution in [0.3, 0.4) is 0 Å². The molecule has 0 aliphatic carbocycles. The Morgan fingerprint density at radius 3 is 2.59 bits per heavy atom. The lowest BCUT2D eigenvalue weighted by atomic mass is 10.1. The van der Waals surface area contributed by atoms with Gasteiger partial charge in [-0.1, -0.05) is 24.4 Å². The summed E-state index contributed by atoms with van der Waals surface area (Å²) in [6.45, 7) is 2.73. The van der Waals surface area contributed by atoms with Crippen LogP contribution in [0.2, 0.25) is 5.02 Å². The molecule has 0 radical (unpaired) electrons. The van der Waals surface area contributed by atoms with E-state index >= 15 is 0 Å². The first-order valence-corrected chi connectivity index (χ1v) is 8.18. The molecule has 22 heavy (non-hydrogen) atoms. The summed E-state index contributed by atoms with van der Waals surface area (Å²) in [7, 11) is 0. The van der Waals surface area contributed by atoms with Crippen LogP contribution in [0.1, 0.15) is 31.2 Å². The lowest BCUT2D eigenvalue weighted by molar-refractivity contribution is -0.125. The highest BCUT2D eigenvalue weighted by Gasteiger charge is 2.16. The number of fused-ring (bicyclic) bond motifs is 1. The van der Waals surface area contributed by atoms with Crippen molar-refractivity contribution < 1.29 is 14.3 Å². The fourth-order valence-corrected chi connectivity index (χ4v) is 3.06. The molecule has 1 aromatic carbocycles. The Kier molecular flexibility index (Phi) is 4.88. The van der Waals surface area contributed by atoms with E-state index in [2.05, 4.69) is 0 Å². The number of nitrogens with zero attached hydrogens (tertiary/aromatic N) is 1. The maximum absolute atomic E-state index is 12.2. The molecule has 0 N–H and O–H groups in total. The Labute approximate surface area is 135 Å². The van der Waals surface area contributed by atoms with E-state index in [4.69, 9.17) is 21.1 Å². The molecule has 0 atom stereocenters. The van der Waals surface area contributed by atoms with Gasteiger partial charge in [-0.05, 0) is 36.6 Å². The van der Waals surface area contributed by atoms with E-state index in [0.717, 1.165) is 31.5 Å². The first-order chi connectivity index (χ1) is 10.7. The maximum Gasteiger partial charge on any atom is 0.246 e. The predicted octanol–water partition coefficient (Wildman–Crippen LogP) is 3.53. The van der Waals surface area contributed by atoms with Crippen molar-refractivity contribution in [3.63, 3.8) is 0 Å². The van der Waals surface area contributed by atoms with Crippen molar-refractivity contribution in [2.75, 3.05) is 26.3 Å². The van der Waals surface area contributed by atoms with Gasteiger partial charge >= 0.3 is 0 Å². The summed E-state index contributed by atoms with van der Waals surface area (Å²) in [4.78, 5) is 14.2. The van der Waals surface area contributed by atoms with Crippen LogP contribution in [0, 0.1) is 0 Å². The molecule has 2 aliphatic heterocycles. The molecule has 1 aromatic rings. The average molecular weight is 322 g/mol. The third-order valence-corrected chi connectivity index (χ3v) is 4.24. The molecule has 3 rings (SSSR count). The first-order valence-electron chi connectivity index (χ1n) is 7.80. The molecule has 5 heteroatoms. The molecule has 0 saturated carbocycles. The number of benzene rings is 1. The van der Waals surface area contributed by atoms with E-state index in [9.17, 15) is 4.79 Å². The van der Waals surface area contributed by atoms with Crippen LogP contribution >= 0.6 is 11.6 Å². The zero-order valence-electron chi connectivity index (χ0n) is 12.5. The minimum Gasteiger partial charge on any atom is -0.486 e. The minimum atomic E-state index is 0.0629. The molecule has 2 heterocycles. The number of likely N-dealkylation sites (tertiary alicyclic amines) is 1. The van der Waals surface area contributed by atoms with Crippen LogP contribution in [-0.2, 0) is 4.79 Å². The van der Waals surface area contributed by atoms with Crippen molar-refractivity contribution in [3.8, 4) is 11.5 Å². The van der Waals surface area contributed by atoms with Crippen molar-refractivity contribution in [1.82, 2.24) is 4.90 Å². The second kappa shape index (κ2) is 7.05. The molecule has 0 spiro atoms. The van der Waals surface area contributed by atoms with Crippen molar-refractivity contribution in [2.45, 2.75) is 25.7 Å². The summed E-state index contributed by atoms with van der Waals surface area (Å²) < 4.78 is 11.0. The van der Waals surface area contributed by atoms with Crippen LogP contribution in [0.25, 0.3) is 6.08 Å². The monoisotopic (exact) mass is 321 g/mol. The molecule has 118 valence electrons. The van der Waals surface area contributed by atoms with Crippen LogP contribution in [0.15, 0.2) is 18.2 Å². The Morgan fingerprint density at radius 2 is 1.82 bits per heavy atom. The first kappa shape index (κ1) is 15.2. The van der Waals surface area contributed by atoms with Crippen LogP contribution in [0.4, 0.5) is 0 Å². The highest BCUT2D eigenvalue weighted by atomic mass is 35.5. The summed E-state index contributed by atoms with van der Waals surface area (Å²) in [5.74, 6) is 1.29. The molecule has 0 aromatic heterocycles. The average Bonchev–Trinajstić information content (AvgIpc) is 2.82. The number of halogens is 1. The number of carbonyl (C=O) groups is 1. The molecule has 1 fully saturated rings. The normalized spacial score (nSPS) is 18.3. The topological polar surface area (TPSA) is 38.8 Å². The van der Waals surface area contributed by atoms with E-state index in [1.165, 1.54) is 12.8 Å². The molecule has 4 nitrogen and oxygen atoms in total. The lowest BCUT2D eigenvalue weighted by Gasteiger charge is -2.20. The summed E-state index contributed by atoms with van der Waals surface area (Å²) in [5.41, 5.74) is 0.845. The van der Waals surface area contributed by atoms with E-state index in [1.807, 2.05) is 11.0 Å². The van der Waals surface area contributed by atoms with Crippen LogP contribution < -0.4 is 9.47 Å². The number of hydrogen-bond donors (Lipinski definition) is 0. The van der Waals surface area contributed by atoms with Crippen molar-refractivity contribution in [2.24, 2.45) is 0 Å². The van der Waals surface area contributed by atoms with Crippen LogP contribution in [-0.4, -0.2) is 37.1 Å². The molecule has 0 bridgehead atoms. The fourth-order valence-electron chi connectivity index (χ4n) is 2.79. The fraction of sp³-hybridized carbons (Fsp3) is 0.471. The second-order valence-electron chi connectivity index (χ2n) is 5.60. The standard InChI is InChI=1S/C17H20ClNO3/c18-14-11-13(12-15-17(14)22-10-9-21-15)5-6-16(20)19-7-3-1-2-4-8-19/h5-6,11-12H,1-4,7-10H2. The van der Waals surface area contributed by atoms with Crippen molar-refractivity contribution in [1.29, 1.82) is 0 Å². The van der Waals surface area contributed by atoms with Gasteiger partial charge in [-0.2, -0.15) is 0 Å². The molecular formula is C17H20ClNO3.